The van der Waals surface area contributed by atoms with Crippen molar-refractivity contribution in [3.8, 4) is 0 Å². The second kappa shape index (κ2) is 6.49. The van der Waals surface area contributed by atoms with Gasteiger partial charge in [0.1, 0.15) is 0 Å². The number of carbonyl (C=O) groups is 2. The van der Waals surface area contributed by atoms with E-state index in [0.717, 1.165) is 4.31 Å². The summed E-state index contributed by atoms with van der Waals surface area (Å²) in [6.45, 7) is 6.01. The van der Waals surface area contributed by atoms with Gasteiger partial charge in [0, 0.05) is 6.54 Å². The molecule has 1 aromatic rings. The summed E-state index contributed by atoms with van der Waals surface area (Å²) in [6.07, 6.45) is 0. The first-order valence-corrected chi connectivity index (χ1v) is 9.26. The van der Waals surface area contributed by atoms with Crippen LogP contribution in [0.5, 0.6) is 0 Å². The second-order valence-corrected chi connectivity index (χ2v) is 8.32. The van der Waals surface area contributed by atoms with Crippen LogP contribution < -0.4 is 9.62 Å². The predicted octanol–water partition coefficient (Wildman–Crippen LogP) is 2.04. The van der Waals surface area contributed by atoms with E-state index in [9.17, 15) is 18.0 Å². The Bertz CT molecular complexity index is 746. The third kappa shape index (κ3) is 3.67. The molecule has 126 valence electrons. The first-order valence-electron chi connectivity index (χ1n) is 7.28. The van der Waals surface area contributed by atoms with Crippen LogP contribution in [0, 0.1) is 11.8 Å². The molecule has 1 fully saturated rings. The first-order chi connectivity index (χ1) is 10.6. The van der Waals surface area contributed by atoms with E-state index in [0.29, 0.717) is 12.5 Å². The molecule has 1 aliphatic rings. The standard InChI is InChI=1S/C15H19ClN2O4S/c1-9(2)7-17-14(19)12-5-4-11(6-13(12)16)18-15(20)10(3)8-23(18,21)22/h4-6,9-10H,7-8H2,1-3H3,(H,17,19). The Kier molecular flexibility index (Phi) is 5.01. The van der Waals surface area contributed by atoms with Crippen LogP contribution in [0.15, 0.2) is 18.2 Å². The van der Waals surface area contributed by atoms with Crippen LogP contribution >= 0.6 is 11.6 Å². The van der Waals surface area contributed by atoms with Crippen molar-refractivity contribution >= 4 is 39.1 Å². The van der Waals surface area contributed by atoms with E-state index in [4.69, 9.17) is 11.6 Å². The molecule has 1 saturated heterocycles. The van der Waals surface area contributed by atoms with E-state index in [2.05, 4.69) is 5.32 Å². The molecule has 1 heterocycles. The topological polar surface area (TPSA) is 83.6 Å². The molecular formula is C15H19ClN2O4S. The summed E-state index contributed by atoms with van der Waals surface area (Å²) in [5.74, 6) is -1.34. The lowest BCUT2D eigenvalue weighted by atomic mass is 10.1. The van der Waals surface area contributed by atoms with Crippen LogP contribution in [0.3, 0.4) is 0 Å². The van der Waals surface area contributed by atoms with E-state index in [1.54, 1.807) is 6.92 Å². The van der Waals surface area contributed by atoms with Crippen molar-refractivity contribution in [3.63, 3.8) is 0 Å². The van der Waals surface area contributed by atoms with E-state index in [1.807, 2.05) is 13.8 Å². The highest BCUT2D eigenvalue weighted by Gasteiger charge is 2.42. The number of anilines is 1. The summed E-state index contributed by atoms with van der Waals surface area (Å²) in [5.41, 5.74) is 0.401. The molecule has 23 heavy (non-hydrogen) atoms. The number of carbonyl (C=O) groups excluding carboxylic acids is 2. The number of sulfonamides is 1. The lowest BCUT2D eigenvalue weighted by molar-refractivity contribution is -0.119. The van der Waals surface area contributed by atoms with Gasteiger partial charge in [-0.1, -0.05) is 32.4 Å². The molecular weight excluding hydrogens is 340 g/mol. The average Bonchev–Trinajstić information content (AvgIpc) is 2.64. The number of nitrogens with one attached hydrogen (secondary N) is 1. The maximum absolute atomic E-state index is 12.1. The van der Waals surface area contributed by atoms with Gasteiger partial charge < -0.3 is 5.32 Å². The van der Waals surface area contributed by atoms with E-state index < -0.39 is 21.8 Å². The summed E-state index contributed by atoms with van der Waals surface area (Å²) in [7, 11) is -3.69. The number of hydrogen-bond donors (Lipinski definition) is 1. The fourth-order valence-corrected chi connectivity index (χ4v) is 4.37. The molecule has 1 unspecified atom stereocenters. The predicted molar refractivity (Wildman–Crippen MR) is 89.1 cm³/mol. The Labute approximate surface area is 140 Å². The van der Waals surface area contributed by atoms with Crippen LogP contribution in [0.25, 0.3) is 0 Å². The Hall–Kier alpha value is -1.60. The number of benzene rings is 1. The van der Waals surface area contributed by atoms with Crippen molar-refractivity contribution in [1.82, 2.24) is 5.32 Å². The molecule has 0 aliphatic carbocycles. The zero-order chi connectivity index (χ0) is 17.4. The second-order valence-electron chi connectivity index (χ2n) is 6.05. The van der Waals surface area contributed by atoms with Gasteiger partial charge in [0.25, 0.3) is 5.91 Å². The molecule has 1 aromatic carbocycles. The van der Waals surface area contributed by atoms with Gasteiger partial charge in [0.15, 0.2) is 0 Å². The minimum absolute atomic E-state index is 0.103. The summed E-state index contributed by atoms with van der Waals surface area (Å²) < 4.78 is 24.9. The van der Waals surface area contributed by atoms with Crippen LogP contribution in [0.2, 0.25) is 5.02 Å². The van der Waals surface area contributed by atoms with Gasteiger partial charge in [-0.3, -0.25) is 9.59 Å². The molecule has 0 spiro atoms. The average molecular weight is 359 g/mol. The van der Waals surface area contributed by atoms with Crippen LogP contribution in [0.1, 0.15) is 31.1 Å². The van der Waals surface area contributed by atoms with Gasteiger partial charge in [-0.15, -0.1) is 0 Å². The smallest absolute Gasteiger partial charge is 0.252 e. The third-order valence-electron chi connectivity index (χ3n) is 3.46. The lowest BCUT2D eigenvalue weighted by Gasteiger charge is -2.16. The van der Waals surface area contributed by atoms with Gasteiger partial charge in [-0.05, 0) is 24.1 Å². The molecule has 1 N–H and O–H groups in total. The highest BCUT2D eigenvalue weighted by molar-refractivity contribution is 7.94. The number of rotatable bonds is 4. The Morgan fingerprint density at radius 2 is 2.09 bits per heavy atom. The monoisotopic (exact) mass is 358 g/mol. The van der Waals surface area contributed by atoms with Crippen LogP contribution in [-0.2, 0) is 14.8 Å². The van der Waals surface area contributed by atoms with E-state index in [-0.39, 0.29) is 27.9 Å². The fourth-order valence-electron chi connectivity index (χ4n) is 2.29. The summed E-state index contributed by atoms with van der Waals surface area (Å²) >= 11 is 6.10. The van der Waals surface area contributed by atoms with Crippen molar-refractivity contribution in [2.24, 2.45) is 11.8 Å². The minimum Gasteiger partial charge on any atom is -0.352 e. The number of hydrogen-bond acceptors (Lipinski definition) is 4. The van der Waals surface area contributed by atoms with Crippen LogP contribution in [0.4, 0.5) is 5.69 Å². The quantitative estimate of drug-likeness (QED) is 0.892. The molecule has 1 atom stereocenters. The van der Waals surface area contributed by atoms with E-state index in [1.165, 1.54) is 18.2 Å². The van der Waals surface area contributed by atoms with Crippen LogP contribution in [-0.4, -0.2) is 32.5 Å². The highest BCUT2D eigenvalue weighted by Crippen LogP contribution is 2.31. The van der Waals surface area contributed by atoms with Crippen molar-refractivity contribution < 1.29 is 18.0 Å². The van der Waals surface area contributed by atoms with Crippen molar-refractivity contribution in [1.29, 1.82) is 0 Å². The highest BCUT2D eigenvalue weighted by atomic mass is 35.5. The zero-order valence-corrected chi connectivity index (χ0v) is 14.7. The third-order valence-corrected chi connectivity index (χ3v) is 5.64. The Morgan fingerprint density at radius 1 is 1.43 bits per heavy atom. The fraction of sp³-hybridized carbons (Fsp3) is 0.467. The first kappa shape index (κ1) is 17.7. The number of halogens is 1. The van der Waals surface area contributed by atoms with Crippen molar-refractivity contribution in [2.75, 3.05) is 16.6 Å². The lowest BCUT2D eigenvalue weighted by Crippen LogP contribution is -2.30. The van der Waals surface area contributed by atoms with Gasteiger partial charge in [-0.2, -0.15) is 0 Å². The molecule has 0 radical (unpaired) electrons. The van der Waals surface area contributed by atoms with Gasteiger partial charge in [0.05, 0.1) is 27.9 Å². The maximum Gasteiger partial charge on any atom is 0.252 e. The van der Waals surface area contributed by atoms with Crippen molar-refractivity contribution in [3.05, 3.63) is 28.8 Å². The Morgan fingerprint density at radius 3 is 2.57 bits per heavy atom. The minimum atomic E-state index is -3.69. The molecule has 0 saturated carbocycles. The normalized spacial score (nSPS) is 20.1. The molecule has 2 amide bonds. The number of nitrogens with zero attached hydrogens (tertiary/aromatic N) is 1. The largest absolute Gasteiger partial charge is 0.352 e. The SMILES string of the molecule is CC(C)CNC(=O)c1ccc(N2C(=O)C(C)CS2(=O)=O)cc1Cl. The molecule has 1 aliphatic heterocycles. The van der Waals surface area contributed by atoms with E-state index >= 15 is 0 Å². The molecule has 2 rings (SSSR count). The zero-order valence-electron chi connectivity index (χ0n) is 13.2. The molecule has 0 aromatic heterocycles. The molecule has 0 bridgehead atoms. The summed E-state index contributed by atoms with van der Waals surface area (Å²) in [5, 5.41) is 2.84. The van der Waals surface area contributed by atoms with Gasteiger partial charge in [0.2, 0.25) is 15.9 Å². The number of amides is 2. The molecule has 8 heteroatoms. The molecule has 6 nitrogen and oxygen atoms in total. The van der Waals surface area contributed by atoms with Gasteiger partial charge in [-0.25, -0.2) is 12.7 Å². The summed E-state index contributed by atoms with van der Waals surface area (Å²) in [6, 6.07) is 4.18. The maximum atomic E-state index is 12.1. The summed E-state index contributed by atoms with van der Waals surface area (Å²) in [4.78, 5) is 24.1. The Balaban J connectivity index is 2.29. The van der Waals surface area contributed by atoms with Crippen molar-refractivity contribution in [2.45, 2.75) is 20.8 Å². The van der Waals surface area contributed by atoms with Gasteiger partial charge >= 0.3 is 0 Å².